The number of carbonyl (C=O) groups excluding carboxylic acids is 1. The molecule has 3 aromatic carbocycles. The van der Waals surface area contributed by atoms with Crippen LogP contribution in [-0.2, 0) is 6.18 Å². The van der Waals surface area contributed by atoms with Crippen molar-refractivity contribution in [3.63, 3.8) is 0 Å². The largest absolute Gasteiger partial charge is 0.435 e. The van der Waals surface area contributed by atoms with E-state index in [1.807, 2.05) is 47.4 Å². The van der Waals surface area contributed by atoms with Gasteiger partial charge in [0.1, 0.15) is 5.69 Å². The smallest absolute Gasteiger partial charge is 0.395 e. The summed E-state index contributed by atoms with van der Waals surface area (Å²) in [5, 5.41) is 34.7. The number of nitriles is 1. The molecule has 1 unspecified atom stereocenters. The van der Waals surface area contributed by atoms with Crippen LogP contribution in [0.3, 0.4) is 0 Å². The van der Waals surface area contributed by atoms with Gasteiger partial charge in [0.15, 0.2) is 5.69 Å². The zero-order valence-electron chi connectivity index (χ0n) is 21.2. The molecule has 1 atom stereocenters. The molecule has 0 saturated carbocycles. The van der Waals surface area contributed by atoms with Gasteiger partial charge in [0.25, 0.3) is 5.91 Å². The maximum Gasteiger partial charge on any atom is 0.435 e. The SMILES string of the molecule is N#Cc1cccc(-n2nc(C(F)(F)F)cc2C(=O)Nc2cccc(C(c3ccccc3)N(CCO)CCO)c2)c1. The number of alkyl halides is 3. The van der Waals surface area contributed by atoms with Crippen molar-refractivity contribution in [3.8, 4) is 11.8 Å². The summed E-state index contributed by atoms with van der Waals surface area (Å²) in [6, 6.07) is 24.2. The quantitative estimate of drug-likeness (QED) is 0.270. The molecule has 206 valence electrons. The number of aromatic nitrogens is 2. The first kappa shape index (κ1) is 28.5. The molecule has 0 bridgehead atoms. The number of aliphatic hydroxyl groups excluding tert-OH is 2. The number of rotatable bonds is 10. The lowest BCUT2D eigenvalue weighted by Gasteiger charge is -2.32. The second kappa shape index (κ2) is 12.6. The van der Waals surface area contributed by atoms with E-state index in [0.717, 1.165) is 15.8 Å². The van der Waals surface area contributed by atoms with Gasteiger partial charge in [-0.15, -0.1) is 0 Å². The van der Waals surface area contributed by atoms with E-state index in [1.165, 1.54) is 24.3 Å². The molecule has 0 radical (unpaired) electrons. The fraction of sp³-hybridized carbons (Fsp3) is 0.207. The highest BCUT2D eigenvalue weighted by atomic mass is 19.4. The highest BCUT2D eigenvalue weighted by molar-refractivity contribution is 6.03. The Bertz CT molecular complexity index is 1490. The van der Waals surface area contributed by atoms with Crippen LogP contribution in [0.25, 0.3) is 5.69 Å². The van der Waals surface area contributed by atoms with Crippen LogP contribution in [0.5, 0.6) is 0 Å². The van der Waals surface area contributed by atoms with Crippen molar-refractivity contribution in [3.05, 3.63) is 113 Å². The first-order valence-corrected chi connectivity index (χ1v) is 12.3. The van der Waals surface area contributed by atoms with Gasteiger partial charge in [-0.25, -0.2) is 4.68 Å². The maximum atomic E-state index is 13.5. The predicted molar refractivity (Wildman–Crippen MR) is 142 cm³/mol. The van der Waals surface area contributed by atoms with Crippen LogP contribution in [0.2, 0.25) is 0 Å². The van der Waals surface area contributed by atoms with Crippen molar-refractivity contribution in [1.82, 2.24) is 14.7 Å². The van der Waals surface area contributed by atoms with Crippen LogP contribution >= 0.6 is 0 Å². The number of halogens is 3. The molecule has 0 fully saturated rings. The number of nitrogens with one attached hydrogen (secondary N) is 1. The van der Waals surface area contributed by atoms with Crippen LogP contribution < -0.4 is 5.32 Å². The van der Waals surface area contributed by atoms with Crippen LogP contribution in [0.1, 0.15) is 38.9 Å². The van der Waals surface area contributed by atoms with Gasteiger partial charge in [0.05, 0.1) is 36.6 Å². The minimum Gasteiger partial charge on any atom is -0.395 e. The van der Waals surface area contributed by atoms with E-state index in [-0.39, 0.29) is 49.3 Å². The van der Waals surface area contributed by atoms with Gasteiger partial charge < -0.3 is 15.5 Å². The van der Waals surface area contributed by atoms with E-state index in [1.54, 1.807) is 18.2 Å². The summed E-state index contributed by atoms with van der Waals surface area (Å²) in [5.74, 6) is -0.832. The van der Waals surface area contributed by atoms with Gasteiger partial charge in [-0.05, 0) is 41.5 Å². The molecule has 0 saturated heterocycles. The molecular formula is C29H26F3N5O3. The summed E-state index contributed by atoms with van der Waals surface area (Å²) >= 11 is 0. The molecule has 1 aromatic heterocycles. The van der Waals surface area contributed by atoms with Gasteiger partial charge in [0.2, 0.25) is 0 Å². The fourth-order valence-electron chi connectivity index (χ4n) is 4.44. The van der Waals surface area contributed by atoms with E-state index in [2.05, 4.69) is 10.4 Å². The van der Waals surface area contributed by atoms with Crippen LogP contribution in [0.15, 0.2) is 84.9 Å². The molecule has 0 spiro atoms. The van der Waals surface area contributed by atoms with Crippen molar-refractivity contribution >= 4 is 11.6 Å². The fourth-order valence-corrected chi connectivity index (χ4v) is 4.44. The normalized spacial score (nSPS) is 12.2. The summed E-state index contributed by atoms with van der Waals surface area (Å²) < 4.78 is 41.5. The van der Waals surface area contributed by atoms with Crippen LogP contribution in [0.4, 0.5) is 18.9 Å². The van der Waals surface area contributed by atoms with Crippen molar-refractivity contribution < 1.29 is 28.2 Å². The summed E-state index contributed by atoms with van der Waals surface area (Å²) in [6.07, 6.45) is -4.79. The number of amides is 1. The highest BCUT2D eigenvalue weighted by Gasteiger charge is 2.36. The van der Waals surface area contributed by atoms with Crippen molar-refractivity contribution in [2.75, 3.05) is 31.6 Å². The number of anilines is 1. The zero-order valence-corrected chi connectivity index (χ0v) is 21.2. The molecular weight excluding hydrogens is 523 g/mol. The topological polar surface area (TPSA) is 114 Å². The summed E-state index contributed by atoms with van der Waals surface area (Å²) in [4.78, 5) is 15.2. The highest BCUT2D eigenvalue weighted by Crippen LogP contribution is 2.32. The zero-order chi connectivity index (χ0) is 28.7. The monoisotopic (exact) mass is 549 g/mol. The van der Waals surface area contributed by atoms with Gasteiger partial charge in [0, 0.05) is 24.8 Å². The van der Waals surface area contributed by atoms with Crippen LogP contribution in [-0.4, -0.2) is 57.1 Å². The van der Waals surface area contributed by atoms with Crippen LogP contribution in [0, 0.1) is 11.3 Å². The molecule has 3 N–H and O–H groups in total. The lowest BCUT2D eigenvalue weighted by atomic mass is 9.96. The molecule has 11 heteroatoms. The minimum atomic E-state index is -4.79. The molecule has 8 nitrogen and oxygen atoms in total. The van der Waals surface area contributed by atoms with Crippen molar-refractivity contribution in [2.24, 2.45) is 0 Å². The predicted octanol–water partition coefficient (Wildman–Crippen LogP) is 4.39. The van der Waals surface area contributed by atoms with Gasteiger partial charge in [-0.3, -0.25) is 9.69 Å². The number of carbonyl (C=O) groups is 1. The lowest BCUT2D eigenvalue weighted by Crippen LogP contribution is -2.34. The molecule has 40 heavy (non-hydrogen) atoms. The average molecular weight is 550 g/mol. The first-order chi connectivity index (χ1) is 19.2. The van der Waals surface area contributed by atoms with E-state index in [9.17, 15) is 33.4 Å². The Morgan fingerprint density at radius 1 is 0.950 bits per heavy atom. The Morgan fingerprint density at radius 3 is 2.27 bits per heavy atom. The molecule has 1 amide bonds. The third-order valence-corrected chi connectivity index (χ3v) is 6.17. The minimum absolute atomic E-state index is 0.126. The Hall–Kier alpha value is -4.50. The number of hydrogen-bond acceptors (Lipinski definition) is 6. The number of nitrogens with zero attached hydrogens (tertiary/aromatic N) is 4. The van der Waals surface area contributed by atoms with E-state index in [0.29, 0.717) is 11.8 Å². The number of aliphatic hydroxyl groups is 2. The number of benzene rings is 3. The average Bonchev–Trinajstić information content (AvgIpc) is 3.41. The lowest BCUT2D eigenvalue weighted by molar-refractivity contribution is -0.141. The Morgan fingerprint density at radius 2 is 1.62 bits per heavy atom. The van der Waals surface area contributed by atoms with Crippen molar-refractivity contribution in [2.45, 2.75) is 12.2 Å². The Labute approximate surface area is 228 Å². The van der Waals surface area contributed by atoms with E-state index < -0.39 is 17.8 Å². The summed E-state index contributed by atoms with van der Waals surface area (Å²) in [7, 11) is 0. The van der Waals surface area contributed by atoms with E-state index in [4.69, 9.17) is 0 Å². The van der Waals surface area contributed by atoms with Gasteiger partial charge >= 0.3 is 6.18 Å². The summed E-state index contributed by atoms with van der Waals surface area (Å²) in [5.41, 5.74) is 0.652. The van der Waals surface area contributed by atoms with E-state index >= 15 is 0 Å². The maximum absolute atomic E-state index is 13.5. The first-order valence-electron chi connectivity index (χ1n) is 12.3. The van der Waals surface area contributed by atoms with Gasteiger partial charge in [-0.1, -0.05) is 48.5 Å². The van der Waals surface area contributed by atoms with Gasteiger partial charge in [-0.2, -0.15) is 23.5 Å². The molecule has 1 heterocycles. The molecule has 0 aliphatic heterocycles. The third-order valence-electron chi connectivity index (χ3n) is 6.17. The molecule has 4 aromatic rings. The Balaban J connectivity index is 1.71. The standard InChI is InChI=1S/C29H26F3N5O3/c30-29(31,32)26-18-25(37(35-26)24-11-4-6-20(16-24)19-33)28(40)34-23-10-5-9-22(17-23)27(21-7-2-1-3-8-21)36(12-14-38)13-15-39/h1-11,16-18,27,38-39H,12-15H2,(H,34,40). The third kappa shape index (κ3) is 6.55. The summed E-state index contributed by atoms with van der Waals surface area (Å²) in [6.45, 7) is 0.270. The molecule has 4 rings (SSSR count). The second-order valence-electron chi connectivity index (χ2n) is 8.86. The Kier molecular flexibility index (Phi) is 8.96. The molecule has 0 aliphatic rings. The number of hydrogen-bond donors (Lipinski definition) is 3. The second-order valence-corrected chi connectivity index (χ2v) is 8.86. The van der Waals surface area contributed by atoms with Crippen molar-refractivity contribution in [1.29, 1.82) is 5.26 Å². The molecule has 0 aliphatic carbocycles.